The Balaban J connectivity index is 2.05. The van der Waals surface area contributed by atoms with E-state index in [4.69, 9.17) is 10.5 Å². The highest BCUT2D eigenvalue weighted by molar-refractivity contribution is 5.74. The van der Waals surface area contributed by atoms with Crippen LogP contribution in [0.15, 0.2) is 12.4 Å². The lowest BCUT2D eigenvalue weighted by molar-refractivity contribution is -0.150. The maximum Gasteiger partial charge on any atom is 0.434 e. The van der Waals surface area contributed by atoms with Crippen LogP contribution in [-0.4, -0.2) is 57.0 Å². The van der Waals surface area contributed by atoms with Gasteiger partial charge in [-0.05, 0) is 0 Å². The Hall–Kier alpha value is -1.98. The molecule has 1 amide bonds. The molecule has 128 valence electrons. The van der Waals surface area contributed by atoms with E-state index < -0.39 is 42.1 Å². The number of halogens is 3. The summed E-state index contributed by atoms with van der Waals surface area (Å²) in [6.45, 7) is -0.159. The smallest absolute Gasteiger partial charge is 0.388 e. The molecule has 11 heteroatoms. The highest BCUT2D eigenvalue weighted by Gasteiger charge is 2.39. The van der Waals surface area contributed by atoms with Gasteiger partial charge in [0.15, 0.2) is 5.69 Å². The fourth-order valence-electron chi connectivity index (χ4n) is 2.15. The summed E-state index contributed by atoms with van der Waals surface area (Å²) in [4.78, 5) is 17.6. The second-order valence-electron chi connectivity index (χ2n) is 5.06. The van der Waals surface area contributed by atoms with Crippen LogP contribution in [0.1, 0.15) is 12.1 Å². The third-order valence-electron chi connectivity index (χ3n) is 3.29. The zero-order valence-corrected chi connectivity index (χ0v) is 11.7. The Morgan fingerprint density at radius 3 is 2.70 bits per heavy atom. The summed E-state index contributed by atoms with van der Waals surface area (Å²) in [5.41, 5.74) is 3.80. The van der Waals surface area contributed by atoms with E-state index >= 15 is 0 Å². The second-order valence-corrected chi connectivity index (χ2v) is 5.06. The Bertz CT molecular complexity index is 571. The molecule has 1 aliphatic heterocycles. The van der Waals surface area contributed by atoms with Crippen molar-refractivity contribution in [1.29, 1.82) is 0 Å². The predicted molar refractivity (Wildman–Crippen MR) is 70.0 cm³/mol. The molecule has 23 heavy (non-hydrogen) atoms. The highest BCUT2D eigenvalue weighted by atomic mass is 19.4. The number of nitrogens with zero attached hydrogens (tertiary/aromatic N) is 2. The van der Waals surface area contributed by atoms with E-state index in [2.05, 4.69) is 15.3 Å². The number of aliphatic hydroxyl groups excluding tert-OH is 2. The molecule has 1 aromatic rings. The van der Waals surface area contributed by atoms with E-state index in [1.807, 2.05) is 0 Å². The van der Waals surface area contributed by atoms with Crippen molar-refractivity contribution >= 4 is 11.7 Å². The minimum absolute atomic E-state index is 0.159. The van der Waals surface area contributed by atoms with Gasteiger partial charge in [-0.3, -0.25) is 9.78 Å². The maximum absolute atomic E-state index is 12.6. The number of primary amides is 1. The molecule has 0 saturated carbocycles. The Morgan fingerprint density at radius 2 is 2.09 bits per heavy atom. The number of carbonyl (C=O) groups excluding carboxylic acids is 1. The van der Waals surface area contributed by atoms with Gasteiger partial charge < -0.3 is 26.0 Å². The fourth-order valence-corrected chi connectivity index (χ4v) is 2.15. The molecule has 1 saturated heterocycles. The van der Waals surface area contributed by atoms with Gasteiger partial charge in [0, 0.05) is 0 Å². The molecule has 1 aliphatic rings. The number of carbonyl (C=O) groups is 1. The summed E-state index contributed by atoms with van der Waals surface area (Å²) in [5, 5.41) is 22.4. The summed E-state index contributed by atoms with van der Waals surface area (Å²) in [7, 11) is 0. The number of rotatable bonds is 4. The van der Waals surface area contributed by atoms with Crippen LogP contribution < -0.4 is 11.1 Å². The summed E-state index contributed by atoms with van der Waals surface area (Å²) in [6, 6.07) is -0.924. The zero-order chi connectivity index (χ0) is 17.2. The predicted octanol–water partition coefficient (Wildman–Crippen LogP) is -0.728. The van der Waals surface area contributed by atoms with Crippen molar-refractivity contribution in [3.8, 4) is 0 Å². The molecule has 1 fully saturated rings. The number of hydrogen-bond donors (Lipinski definition) is 4. The first-order valence-corrected chi connectivity index (χ1v) is 6.60. The number of alkyl halides is 3. The number of hydrogen-bond acceptors (Lipinski definition) is 7. The molecule has 2 rings (SSSR count). The molecule has 0 spiro atoms. The third-order valence-corrected chi connectivity index (χ3v) is 3.29. The molecule has 2 heterocycles. The number of ether oxygens (including phenoxy) is 1. The van der Waals surface area contributed by atoms with Crippen LogP contribution >= 0.6 is 0 Å². The number of nitrogens with one attached hydrogen (secondary N) is 1. The topological polar surface area (TPSA) is 131 Å². The number of amides is 1. The van der Waals surface area contributed by atoms with Crippen LogP contribution in [0, 0.1) is 0 Å². The monoisotopic (exact) mass is 336 g/mol. The minimum atomic E-state index is -4.65. The highest BCUT2D eigenvalue weighted by Crippen LogP contribution is 2.28. The molecule has 0 aliphatic carbocycles. The molecule has 8 nitrogen and oxygen atoms in total. The van der Waals surface area contributed by atoms with Crippen molar-refractivity contribution in [2.45, 2.75) is 37.0 Å². The standard InChI is InChI=1S/C12H15F3N4O4/c13-12(14,15)7-2-17-3-9(19-7)18-5-4-23-6(1-8(16)20)11(22)10(5)21/h2-3,5-6,10-11,21-22H,1,4H2,(H2,16,20)(H,18,19)/t5-,6+,10+,11-/m0/s1. The lowest BCUT2D eigenvalue weighted by Crippen LogP contribution is -2.56. The summed E-state index contributed by atoms with van der Waals surface area (Å²) in [5.74, 6) is -0.940. The largest absolute Gasteiger partial charge is 0.434 e. The maximum atomic E-state index is 12.6. The van der Waals surface area contributed by atoms with E-state index in [9.17, 15) is 28.2 Å². The zero-order valence-electron chi connectivity index (χ0n) is 11.7. The molecule has 1 aromatic heterocycles. The van der Waals surface area contributed by atoms with E-state index in [1.165, 1.54) is 0 Å². The first-order chi connectivity index (χ1) is 10.7. The van der Waals surface area contributed by atoms with Crippen molar-refractivity contribution in [1.82, 2.24) is 9.97 Å². The van der Waals surface area contributed by atoms with Gasteiger partial charge in [-0.15, -0.1) is 0 Å². The Morgan fingerprint density at radius 1 is 1.39 bits per heavy atom. The Kier molecular flexibility index (Phi) is 5.02. The van der Waals surface area contributed by atoms with Crippen molar-refractivity contribution in [2.24, 2.45) is 5.73 Å². The quantitative estimate of drug-likeness (QED) is 0.570. The van der Waals surface area contributed by atoms with Crippen LogP contribution in [-0.2, 0) is 15.7 Å². The number of aliphatic hydroxyl groups is 2. The SMILES string of the molecule is NC(=O)C[C@H]1OC[C@H](Nc2cncc(C(F)(F)F)n2)[C@@H](O)[C@H]1O. The Labute approximate surface area is 128 Å². The van der Waals surface area contributed by atoms with Crippen LogP contribution in [0.3, 0.4) is 0 Å². The van der Waals surface area contributed by atoms with Gasteiger partial charge in [0.2, 0.25) is 5.91 Å². The van der Waals surface area contributed by atoms with Gasteiger partial charge in [0.1, 0.15) is 18.0 Å². The third kappa shape index (κ3) is 4.27. The summed E-state index contributed by atoms with van der Waals surface area (Å²) < 4.78 is 42.9. The first-order valence-electron chi connectivity index (χ1n) is 6.60. The normalized spacial score (nSPS) is 28.4. The van der Waals surface area contributed by atoms with Crippen molar-refractivity contribution in [3.63, 3.8) is 0 Å². The summed E-state index contributed by atoms with van der Waals surface area (Å²) >= 11 is 0. The van der Waals surface area contributed by atoms with Crippen LogP contribution in [0.4, 0.5) is 19.0 Å². The average Bonchev–Trinajstić information content (AvgIpc) is 2.46. The second kappa shape index (κ2) is 6.64. The van der Waals surface area contributed by atoms with Gasteiger partial charge in [-0.1, -0.05) is 0 Å². The molecule has 5 N–H and O–H groups in total. The molecular formula is C12H15F3N4O4. The van der Waals surface area contributed by atoms with Crippen LogP contribution in [0.2, 0.25) is 0 Å². The average molecular weight is 336 g/mol. The number of nitrogens with two attached hydrogens (primary N) is 1. The van der Waals surface area contributed by atoms with Gasteiger partial charge in [-0.25, -0.2) is 4.98 Å². The number of anilines is 1. The molecule has 0 unspecified atom stereocenters. The lowest BCUT2D eigenvalue weighted by Gasteiger charge is -2.37. The van der Waals surface area contributed by atoms with Gasteiger partial charge in [-0.2, -0.15) is 13.2 Å². The van der Waals surface area contributed by atoms with E-state index in [1.54, 1.807) is 0 Å². The minimum Gasteiger partial charge on any atom is -0.388 e. The van der Waals surface area contributed by atoms with Crippen molar-refractivity contribution < 1.29 is 32.9 Å². The van der Waals surface area contributed by atoms with Gasteiger partial charge >= 0.3 is 6.18 Å². The van der Waals surface area contributed by atoms with Gasteiger partial charge in [0.05, 0.1) is 37.6 Å². The lowest BCUT2D eigenvalue weighted by atomic mass is 9.96. The molecule has 4 atom stereocenters. The molecule has 0 bridgehead atoms. The number of aromatic nitrogens is 2. The van der Waals surface area contributed by atoms with E-state index in [0.29, 0.717) is 6.20 Å². The van der Waals surface area contributed by atoms with Crippen molar-refractivity contribution in [2.75, 3.05) is 11.9 Å². The van der Waals surface area contributed by atoms with Gasteiger partial charge in [0.25, 0.3) is 0 Å². The molecule has 0 aromatic carbocycles. The fraction of sp³-hybridized carbons (Fsp3) is 0.583. The summed E-state index contributed by atoms with van der Waals surface area (Å²) in [6.07, 6.45) is -7.11. The molecule has 0 radical (unpaired) electrons. The van der Waals surface area contributed by atoms with E-state index in [-0.39, 0.29) is 18.8 Å². The van der Waals surface area contributed by atoms with Crippen LogP contribution in [0.25, 0.3) is 0 Å². The van der Waals surface area contributed by atoms with Crippen molar-refractivity contribution in [3.05, 3.63) is 18.1 Å². The van der Waals surface area contributed by atoms with Crippen LogP contribution in [0.5, 0.6) is 0 Å². The van der Waals surface area contributed by atoms with E-state index in [0.717, 1.165) is 6.20 Å². The first kappa shape index (κ1) is 17.4. The molecular weight excluding hydrogens is 321 g/mol.